The lowest BCUT2D eigenvalue weighted by atomic mass is 9.84. The molecule has 1 aromatic rings. The van der Waals surface area contributed by atoms with Crippen LogP contribution in [-0.4, -0.2) is 34.3 Å². The van der Waals surface area contributed by atoms with E-state index < -0.39 is 0 Å². The predicted molar refractivity (Wildman–Crippen MR) is 54.8 cm³/mol. The highest BCUT2D eigenvalue weighted by atomic mass is 15.3. The Labute approximate surface area is 83.7 Å². The summed E-state index contributed by atoms with van der Waals surface area (Å²) >= 11 is 0. The molecule has 76 valence electrons. The topological polar surface area (TPSA) is 47.1 Å². The number of aromatic nitrogens is 2. The molecule has 0 radical (unpaired) electrons. The number of nitrogen functional groups attached to an aromatic ring is 1. The fourth-order valence-electron chi connectivity index (χ4n) is 2.77. The highest BCUT2D eigenvalue weighted by molar-refractivity contribution is 5.24. The van der Waals surface area contributed by atoms with Crippen LogP contribution >= 0.6 is 0 Å². The Kier molecular flexibility index (Phi) is 1.77. The third kappa shape index (κ3) is 1.21. The first kappa shape index (κ1) is 8.29. The fourth-order valence-corrected chi connectivity index (χ4v) is 2.77. The van der Waals surface area contributed by atoms with Gasteiger partial charge in [0, 0.05) is 12.7 Å². The van der Waals surface area contributed by atoms with E-state index in [0.29, 0.717) is 11.9 Å². The molecule has 4 rings (SSSR count). The molecule has 3 fully saturated rings. The van der Waals surface area contributed by atoms with Crippen LogP contribution in [0.2, 0.25) is 0 Å². The second-order valence-corrected chi connectivity index (χ2v) is 4.43. The van der Waals surface area contributed by atoms with E-state index in [1.165, 1.54) is 25.9 Å². The molecule has 2 N–H and O–H groups in total. The molecule has 4 heterocycles. The first-order valence-corrected chi connectivity index (χ1v) is 5.36. The highest BCUT2D eigenvalue weighted by Gasteiger charge is 2.35. The van der Waals surface area contributed by atoms with E-state index in [9.17, 15) is 0 Å². The summed E-state index contributed by atoms with van der Waals surface area (Å²) in [7, 11) is 0. The number of fused-ring (bicyclic) bond motifs is 3. The molecular formula is C10H16N4. The van der Waals surface area contributed by atoms with Gasteiger partial charge >= 0.3 is 0 Å². The van der Waals surface area contributed by atoms with Crippen molar-refractivity contribution in [2.75, 3.05) is 25.4 Å². The molecule has 2 bridgehead atoms. The van der Waals surface area contributed by atoms with Crippen molar-refractivity contribution in [2.45, 2.75) is 18.9 Å². The zero-order valence-corrected chi connectivity index (χ0v) is 8.26. The lowest BCUT2D eigenvalue weighted by molar-refractivity contribution is 0.0514. The van der Waals surface area contributed by atoms with Crippen molar-refractivity contribution in [1.82, 2.24) is 14.7 Å². The van der Waals surface area contributed by atoms with E-state index in [-0.39, 0.29) is 0 Å². The Morgan fingerprint density at radius 2 is 2.14 bits per heavy atom. The number of nitrogens with zero attached hydrogens (tertiary/aromatic N) is 3. The van der Waals surface area contributed by atoms with Gasteiger partial charge in [-0.2, -0.15) is 5.10 Å². The molecule has 3 aliphatic heterocycles. The molecule has 0 spiro atoms. The van der Waals surface area contributed by atoms with Crippen LogP contribution in [0.15, 0.2) is 12.3 Å². The summed E-state index contributed by atoms with van der Waals surface area (Å²) in [5.41, 5.74) is 5.64. The summed E-state index contributed by atoms with van der Waals surface area (Å²) in [6.45, 7) is 3.71. The average molecular weight is 192 g/mol. The highest BCUT2D eigenvalue weighted by Crippen LogP contribution is 2.35. The Balaban J connectivity index is 1.85. The number of anilines is 1. The summed E-state index contributed by atoms with van der Waals surface area (Å²) in [5, 5.41) is 4.32. The molecule has 1 atom stereocenters. The van der Waals surface area contributed by atoms with E-state index in [1.54, 1.807) is 0 Å². The normalized spacial score (nSPS) is 36.1. The minimum atomic E-state index is 0.565. The molecule has 14 heavy (non-hydrogen) atoms. The molecule has 0 aromatic carbocycles. The molecule has 1 unspecified atom stereocenters. The van der Waals surface area contributed by atoms with Gasteiger partial charge in [0.05, 0.1) is 6.04 Å². The quantitative estimate of drug-likeness (QED) is 0.713. The molecule has 4 nitrogen and oxygen atoms in total. The summed E-state index contributed by atoms with van der Waals surface area (Å²) < 4.78 is 2.06. The summed E-state index contributed by atoms with van der Waals surface area (Å²) in [6, 6.07) is 2.45. The second kappa shape index (κ2) is 2.98. The van der Waals surface area contributed by atoms with E-state index in [2.05, 4.69) is 14.7 Å². The van der Waals surface area contributed by atoms with E-state index in [0.717, 1.165) is 12.5 Å². The Morgan fingerprint density at radius 3 is 2.64 bits per heavy atom. The van der Waals surface area contributed by atoms with Crippen LogP contribution in [-0.2, 0) is 0 Å². The monoisotopic (exact) mass is 192 g/mol. The summed E-state index contributed by atoms with van der Waals surface area (Å²) in [5.74, 6) is 1.46. The van der Waals surface area contributed by atoms with Gasteiger partial charge in [-0.05, 0) is 37.9 Å². The number of hydrogen-bond donors (Lipinski definition) is 1. The SMILES string of the molecule is Nc1ccn(C2CN3CCC2CC3)n1. The van der Waals surface area contributed by atoms with Gasteiger partial charge in [0.2, 0.25) is 0 Å². The Bertz CT molecular complexity index is 325. The van der Waals surface area contributed by atoms with E-state index in [4.69, 9.17) is 5.73 Å². The molecule has 3 saturated heterocycles. The molecule has 3 aliphatic rings. The number of piperidine rings is 3. The van der Waals surface area contributed by atoms with Crippen molar-refractivity contribution < 1.29 is 0 Å². The van der Waals surface area contributed by atoms with Crippen molar-refractivity contribution in [3.63, 3.8) is 0 Å². The van der Waals surface area contributed by atoms with Gasteiger partial charge in [0.25, 0.3) is 0 Å². The van der Waals surface area contributed by atoms with Crippen LogP contribution in [0.3, 0.4) is 0 Å². The number of hydrogen-bond acceptors (Lipinski definition) is 3. The maximum absolute atomic E-state index is 5.64. The fraction of sp³-hybridized carbons (Fsp3) is 0.700. The first-order valence-electron chi connectivity index (χ1n) is 5.36. The van der Waals surface area contributed by atoms with Crippen LogP contribution in [0.5, 0.6) is 0 Å². The van der Waals surface area contributed by atoms with Gasteiger partial charge in [-0.15, -0.1) is 0 Å². The predicted octanol–water partition coefficient (Wildman–Crippen LogP) is 0.732. The maximum atomic E-state index is 5.64. The lowest BCUT2D eigenvalue weighted by Gasteiger charge is -2.44. The molecule has 0 amide bonds. The van der Waals surface area contributed by atoms with Crippen molar-refractivity contribution in [2.24, 2.45) is 5.92 Å². The van der Waals surface area contributed by atoms with Crippen LogP contribution in [0.4, 0.5) is 5.82 Å². The third-order valence-electron chi connectivity index (χ3n) is 3.59. The van der Waals surface area contributed by atoms with E-state index in [1.807, 2.05) is 12.3 Å². The van der Waals surface area contributed by atoms with Gasteiger partial charge in [-0.25, -0.2) is 0 Å². The smallest absolute Gasteiger partial charge is 0.145 e. The van der Waals surface area contributed by atoms with Crippen molar-refractivity contribution in [3.05, 3.63) is 12.3 Å². The minimum absolute atomic E-state index is 0.565. The maximum Gasteiger partial charge on any atom is 0.145 e. The zero-order valence-electron chi connectivity index (χ0n) is 8.26. The Hall–Kier alpha value is -1.03. The summed E-state index contributed by atoms with van der Waals surface area (Å²) in [4.78, 5) is 2.53. The molecular weight excluding hydrogens is 176 g/mol. The lowest BCUT2D eigenvalue weighted by Crippen LogP contribution is -2.48. The average Bonchev–Trinajstić information content (AvgIpc) is 2.66. The number of rotatable bonds is 1. The molecule has 1 aromatic heterocycles. The summed E-state index contributed by atoms with van der Waals surface area (Å²) in [6.07, 6.45) is 4.66. The van der Waals surface area contributed by atoms with Gasteiger partial charge in [0.15, 0.2) is 0 Å². The van der Waals surface area contributed by atoms with Crippen LogP contribution < -0.4 is 5.73 Å². The van der Waals surface area contributed by atoms with Crippen LogP contribution in [0, 0.1) is 5.92 Å². The number of nitrogens with two attached hydrogens (primary N) is 1. The molecule has 0 saturated carbocycles. The second-order valence-electron chi connectivity index (χ2n) is 4.43. The Morgan fingerprint density at radius 1 is 1.36 bits per heavy atom. The zero-order chi connectivity index (χ0) is 9.54. The van der Waals surface area contributed by atoms with Crippen LogP contribution in [0.1, 0.15) is 18.9 Å². The van der Waals surface area contributed by atoms with Crippen molar-refractivity contribution in [1.29, 1.82) is 0 Å². The van der Waals surface area contributed by atoms with Crippen molar-refractivity contribution >= 4 is 5.82 Å². The van der Waals surface area contributed by atoms with Gasteiger partial charge < -0.3 is 10.6 Å². The third-order valence-corrected chi connectivity index (χ3v) is 3.59. The van der Waals surface area contributed by atoms with Gasteiger partial charge in [-0.3, -0.25) is 4.68 Å². The van der Waals surface area contributed by atoms with E-state index >= 15 is 0 Å². The molecule has 0 aliphatic carbocycles. The first-order chi connectivity index (χ1) is 6.83. The molecule has 4 heteroatoms. The minimum Gasteiger partial charge on any atom is -0.382 e. The standard InChI is InChI=1S/C10H16N4/c11-10-3-6-14(12-10)9-7-13-4-1-8(9)2-5-13/h3,6,8-9H,1-2,4-5,7H2,(H2,11,12). The van der Waals surface area contributed by atoms with Gasteiger partial charge in [0.1, 0.15) is 5.82 Å². The largest absolute Gasteiger partial charge is 0.382 e. The van der Waals surface area contributed by atoms with Gasteiger partial charge in [-0.1, -0.05) is 0 Å². The van der Waals surface area contributed by atoms with Crippen molar-refractivity contribution in [3.8, 4) is 0 Å². The van der Waals surface area contributed by atoms with Crippen LogP contribution in [0.25, 0.3) is 0 Å².